The van der Waals surface area contributed by atoms with Gasteiger partial charge in [-0.25, -0.2) is 9.50 Å². The molecule has 1 aliphatic carbocycles. The van der Waals surface area contributed by atoms with E-state index in [1.54, 1.807) is 0 Å². The Hall–Kier alpha value is -1.63. The molecule has 0 unspecified atom stereocenters. The number of hydrogen-bond acceptors (Lipinski definition) is 3. The van der Waals surface area contributed by atoms with Gasteiger partial charge in [0, 0.05) is 30.1 Å². The van der Waals surface area contributed by atoms with Gasteiger partial charge in [-0.2, -0.15) is 18.3 Å². The highest BCUT2D eigenvalue weighted by molar-refractivity contribution is 5.43. The van der Waals surface area contributed by atoms with Gasteiger partial charge in [0.25, 0.3) is 0 Å². The van der Waals surface area contributed by atoms with E-state index in [-0.39, 0.29) is 18.8 Å². The summed E-state index contributed by atoms with van der Waals surface area (Å²) in [5.41, 5.74) is 3.83. The molecule has 2 fully saturated rings. The molecule has 0 bridgehead atoms. The Kier molecular flexibility index (Phi) is 4.91. The smallest absolute Gasteiger partial charge is 0.316 e. The summed E-state index contributed by atoms with van der Waals surface area (Å²) in [5.74, 6) is -0.126. The minimum absolute atomic E-state index is 0.0976. The fraction of sp³-hybridized carbons (Fsp3) is 0.700. The van der Waals surface area contributed by atoms with Crippen molar-refractivity contribution >= 4 is 5.65 Å². The largest absolute Gasteiger partial charge is 0.391 e. The van der Waals surface area contributed by atoms with Crippen LogP contribution in [0, 0.1) is 18.8 Å². The number of nitrogens with one attached hydrogen (secondary N) is 1. The predicted molar refractivity (Wildman–Crippen MR) is 97.9 cm³/mol. The monoisotopic (exact) mass is 380 g/mol. The molecule has 0 amide bonds. The molecule has 4 nitrogen and oxygen atoms in total. The van der Waals surface area contributed by atoms with Crippen LogP contribution >= 0.6 is 0 Å². The Bertz CT molecular complexity index is 805. The van der Waals surface area contributed by atoms with Gasteiger partial charge in [0.1, 0.15) is 0 Å². The van der Waals surface area contributed by atoms with Gasteiger partial charge in [-0.1, -0.05) is 6.92 Å². The molecular formula is C20H27F3N4. The van der Waals surface area contributed by atoms with Crippen molar-refractivity contribution < 1.29 is 13.2 Å². The van der Waals surface area contributed by atoms with Crippen molar-refractivity contribution in [2.75, 3.05) is 13.1 Å². The molecule has 1 saturated carbocycles. The summed E-state index contributed by atoms with van der Waals surface area (Å²) in [6.07, 6.45) is -1.45. The van der Waals surface area contributed by atoms with E-state index in [1.807, 2.05) is 17.5 Å². The summed E-state index contributed by atoms with van der Waals surface area (Å²) in [6.45, 7) is 6.23. The number of fused-ring (bicyclic) bond motifs is 1. The van der Waals surface area contributed by atoms with E-state index in [0.717, 1.165) is 42.2 Å². The van der Waals surface area contributed by atoms with Crippen molar-refractivity contribution in [1.82, 2.24) is 19.9 Å². The van der Waals surface area contributed by atoms with Crippen LogP contribution in [0.3, 0.4) is 0 Å². The van der Waals surface area contributed by atoms with Crippen molar-refractivity contribution in [3.63, 3.8) is 0 Å². The van der Waals surface area contributed by atoms with Crippen LogP contribution in [0.5, 0.6) is 0 Å². The van der Waals surface area contributed by atoms with E-state index in [0.29, 0.717) is 24.7 Å². The average molecular weight is 380 g/mol. The van der Waals surface area contributed by atoms with Gasteiger partial charge in [0.05, 0.1) is 17.3 Å². The molecule has 27 heavy (non-hydrogen) atoms. The zero-order valence-corrected chi connectivity index (χ0v) is 15.9. The molecule has 1 aliphatic heterocycles. The number of alkyl halides is 3. The molecule has 1 saturated heterocycles. The maximum Gasteiger partial charge on any atom is 0.391 e. The molecule has 0 aromatic carbocycles. The van der Waals surface area contributed by atoms with Gasteiger partial charge < -0.3 is 5.32 Å². The maximum atomic E-state index is 12.9. The molecule has 0 spiro atoms. The highest BCUT2D eigenvalue weighted by Crippen LogP contribution is 2.42. The van der Waals surface area contributed by atoms with Crippen molar-refractivity contribution in [2.45, 2.75) is 64.0 Å². The molecule has 2 aromatic heterocycles. The molecule has 2 aromatic rings. The highest BCUT2D eigenvalue weighted by Gasteiger charge is 2.42. The summed E-state index contributed by atoms with van der Waals surface area (Å²) >= 11 is 0. The summed E-state index contributed by atoms with van der Waals surface area (Å²) in [7, 11) is 0. The predicted octanol–water partition coefficient (Wildman–Crippen LogP) is 4.59. The summed E-state index contributed by atoms with van der Waals surface area (Å²) in [6, 6.07) is 4.09. The van der Waals surface area contributed by atoms with Crippen LogP contribution in [0.2, 0.25) is 0 Å². The third kappa shape index (κ3) is 3.71. The summed E-state index contributed by atoms with van der Waals surface area (Å²) in [5, 5.41) is 8.29. The highest BCUT2D eigenvalue weighted by atomic mass is 19.4. The molecule has 2 atom stereocenters. The minimum Gasteiger partial charge on any atom is -0.316 e. The van der Waals surface area contributed by atoms with Crippen LogP contribution in [0.4, 0.5) is 13.2 Å². The first-order valence-corrected chi connectivity index (χ1v) is 9.97. The molecule has 148 valence electrons. The first kappa shape index (κ1) is 18.7. The zero-order chi connectivity index (χ0) is 19.2. The lowest BCUT2D eigenvalue weighted by Gasteiger charge is -2.30. The Labute approximate surface area is 157 Å². The maximum absolute atomic E-state index is 12.9. The van der Waals surface area contributed by atoms with Gasteiger partial charge >= 0.3 is 6.18 Å². The Balaban J connectivity index is 1.62. The minimum atomic E-state index is -4.07. The first-order chi connectivity index (χ1) is 12.8. The molecule has 2 aliphatic rings. The summed E-state index contributed by atoms with van der Waals surface area (Å²) < 4.78 is 40.8. The van der Waals surface area contributed by atoms with E-state index >= 15 is 0 Å². The van der Waals surface area contributed by atoms with Crippen LogP contribution in [0.1, 0.15) is 67.9 Å². The third-order valence-electron chi connectivity index (χ3n) is 6.42. The van der Waals surface area contributed by atoms with Gasteiger partial charge in [-0.3, -0.25) is 0 Å². The number of piperidine rings is 1. The van der Waals surface area contributed by atoms with Crippen LogP contribution in [0.25, 0.3) is 5.65 Å². The standard InChI is InChI=1S/C20H27F3N4/c1-12-7-8-24-11-16(12)18-9-13(2)25-19-10-17(26-27(18)19)14-3-5-15(6-4-14)20(21,22)23/h9-10,12,14-16,24H,3-8,11H2,1-2H3/t12-,14?,15?,16-/m1/s1. The number of aromatic nitrogens is 3. The van der Waals surface area contributed by atoms with E-state index in [2.05, 4.69) is 23.3 Å². The number of aryl methyl sites for hydroxylation is 1. The van der Waals surface area contributed by atoms with Crippen molar-refractivity contribution in [3.8, 4) is 0 Å². The lowest BCUT2D eigenvalue weighted by atomic mass is 9.80. The molecule has 0 radical (unpaired) electrons. The molecule has 4 rings (SSSR count). The zero-order valence-electron chi connectivity index (χ0n) is 15.9. The molecule has 7 heteroatoms. The first-order valence-electron chi connectivity index (χ1n) is 9.97. The number of hydrogen-bond donors (Lipinski definition) is 1. The van der Waals surface area contributed by atoms with Gasteiger partial charge in [0.2, 0.25) is 0 Å². The average Bonchev–Trinajstić information content (AvgIpc) is 3.05. The Morgan fingerprint density at radius 1 is 1.11 bits per heavy atom. The lowest BCUT2D eigenvalue weighted by Crippen LogP contribution is -2.35. The van der Waals surface area contributed by atoms with Gasteiger partial charge in [0.15, 0.2) is 5.65 Å². The fourth-order valence-electron chi connectivity index (χ4n) is 4.71. The quantitative estimate of drug-likeness (QED) is 0.829. The molecule has 1 N–H and O–H groups in total. The second kappa shape index (κ2) is 7.08. The Morgan fingerprint density at radius 3 is 2.52 bits per heavy atom. The van der Waals surface area contributed by atoms with E-state index in [4.69, 9.17) is 5.10 Å². The SMILES string of the molecule is Cc1cc([C@@H]2CNCC[C@H]2C)n2nc(C3CCC(C(F)(F)F)CC3)cc2n1. The Morgan fingerprint density at radius 2 is 1.85 bits per heavy atom. The van der Waals surface area contributed by atoms with Crippen molar-refractivity contribution in [3.05, 3.63) is 29.2 Å². The van der Waals surface area contributed by atoms with Gasteiger partial charge in [-0.15, -0.1) is 0 Å². The van der Waals surface area contributed by atoms with E-state index in [1.165, 1.54) is 0 Å². The van der Waals surface area contributed by atoms with E-state index in [9.17, 15) is 13.2 Å². The van der Waals surface area contributed by atoms with Gasteiger partial charge in [-0.05, 0) is 57.6 Å². The normalized spacial score (nSPS) is 30.0. The second-order valence-corrected chi connectivity index (χ2v) is 8.33. The van der Waals surface area contributed by atoms with Crippen LogP contribution < -0.4 is 5.32 Å². The van der Waals surface area contributed by atoms with Crippen LogP contribution in [0.15, 0.2) is 12.1 Å². The summed E-state index contributed by atoms with van der Waals surface area (Å²) in [4.78, 5) is 4.63. The van der Waals surface area contributed by atoms with Crippen LogP contribution in [-0.2, 0) is 0 Å². The van der Waals surface area contributed by atoms with Crippen molar-refractivity contribution in [2.24, 2.45) is 11.8 Å². The number of nitrogens with zero attached hydrogens (tertiary/aromatic N) is 3. The molecule has 3 heterocycles. The number of rotatable bonds is 2. The van der Waals surface area contributed by atoms with Crippen LogP contribution in [-0.4, -0.2) is 33.9 Å². The van der Waals surface area contributed by atoms with E-state index < -0.39 is 12.1 Å². The fourth-order valence-corrected chi connectivity index (χ4v) is 4.71. The topological polar surface area (TPSA) is 42.2 Å². The molecular weight excluding hydrogens is 353 g/mol. The van der Waals surface area contributed by atoms with Crippen molar-refractivity contribution in [1.29, 1.82) is 0 Å². The lowest BCUT2D eigenvalue weighted by molar-refractivity contribution is -0.182. The second-order valence-electron chi connectivity index (χ2n) is 8.33. The number of halogens is 3. The third-order valence-corrected chi connectivity index (χ3v) is 6.42.